The predicted octanol–water partition coefficient (Wildman–Crippen LogP) is 1.75. The Morgan fingerprint density at radius 1 is 1.43 bits per heavy atom. The van der Waals surface area contributed by atoms with Crippen LogP contribution in [0.3, 0.4) is 0 Å². The highest BCUT2D eigenvalue weighted by atomic mass is 32.1. The standard InChI is InChI=1S/C13H17N5O2S/c1-8(2)12-15-9(7-21-12)6-10(19)17-18-13-14-5-4-11(16-13)20-3/h4-5,7-8H,6H2,1-3H3,(H,17,19)(H,14,16,18). The highest BCUT2D eigenvalue weighted by Crippen LogP contribution is 2.19. The Morgan fingerprint density at radius 3 is 2.90 bits per heavy atom. The lowest BCUT2D eigenvalue weighted by atomic mass is 10.2. The molecule has 0 unspecified atom stereocenters. The molecule has 0 atom stereocenters. The zero-order chi connectivity index (χ0) is 15.2. The van der Waals surface area contributed by atoms with Crippen molar-refractivity contribution in [3.05, 3.63) is 28.3 Å². The Hall–Kier alpha value is -2.22. The van der Waals surface area contributed by atoms with E-state index in [1.807, 2.05) is 5.38 Å². The lowest BCUT2D eigenvalue weighted by molar-refractivity contribution is -0.120. The summed E-state index contributed by atoms with van der Waals surface area (Å²) in [6, 6.07) is 1.62. The average Bonchev–Trinajstić information content (AvgIpc) is 2.94. The molecule has 0 saturated carbocycles. The van der Waals surface area contributed by atoms with Gasteiger partial charge in [0.05, 0.1) is 24.2 Å². The first-order valence-corrected chi connectivity index (χ1v) is 7.32. The van der Waals surface area contributed by atoms with Gasteiger partial charge in [0.2, 0.25) is 17.7 Å². The zero-order valence-corrected chi connectivity index (χ0v) is 12.9. The molecule has 21 heavy (non-hydrogen) atoms. The van der Waals surface area contributed by atoms with Crippen LogP contribution in [0.1, 0.15) is 30.5 Å². The first-order valence-electron chi connectivity index (χ1n) is 6.44. The number of nitrogens with one attached hydrogen (secondary N) is 2. The van der Waals surface area contributed by atoms with Crippen molar-refractivity contribution in [1.29, 1.82) is 0 Å². The smallest absolute Gasteiger partial charge is 0.245 e. The molecule has 2 heterocycles. The maximum atomic E-state index is 11.8. The molecule has 0 aliphatic carbocycles. The molecule has 2 rings (SSSR count). The summed E-state index contributed by atoms with van der Waals surface area (Å²) < 4.78 is 4.97. The third kappa shape index (κ3) is 4.38. The van der Waals surface area contributed by atoms with Crippen LogP contribution in [0.4, 0.5) is 5.95 Å². The minimum absolute atomic E-state index is 0.206. The molecule has 0 spiro atoms. The van der Waals surface area contributed by atoms with E-state index in [9.17, 15) is 4.79 Å². The van der Waals surface area contributed by atoms with Crippen molar-refractivity contribution in [2.75, 3.05) is 12.5 Å². The summed E-state index contributed by atoms with van der Waals surface area (Å²) in [6.07, 6.45) is 1.75. The summed E-state index contributed by atoms with van der Waals surface area (Å²) in [4.78, 5) is 24.2. The number of carbonyl (C=O) groups excluding carboxylic acids is 1. The first kappa shape index (κ1) is 15.2. The van der Waals surface area contributed by atoms with Crippen molar-refractivity contribution in [1.82, 2.24) is 20.4 Å². The van der Waals surface area contributed by atoms with Gasteiger partial charge in [0.15, 0.2) is 0 Å². The quantitative estimate of drug-likeness (QED) is 0.790. The minimum atomic E-state index is -0.206. The van der Waals surface area contributed by atoms with Crippen molar-refractivity contribution in [3.8, 4) is 5.88 Å². The zero-order valence-electron chi connectivity index (χ0n) is 12.1. The molecule has 112 valence electrons. The number of thiazole rings is 1. The Morgan fingerprint density at radius 2 is 2.24 bits per heavy atom. The van der Waals surface area contributed by atoms with Gasteiger partial charge in [-0.25, -0.2) is 9.97 Å². The number of carbonyl (C=O) groups is 1. The fourth-order valence-electron chi connectivity index (χ4n) is 1.52. The molecule has 2 aromatic heterocycles. The van der Waals surface area contributed by atoms with Crippen LogP contribution in [0, 0.1) is 0 Å². The second kappa shape index (κ2) is 6.98. The maximum absolute atomic E-state index is 11.8. The van der Waals surface area contributed by atoms with Crippen LogP contribution in [0.5, 0.6) is 5.88 Å². The van der Waals surface area contributed by atoms with Crippen LogP contribution < -0.4 is 15.6 Å². The van der Waals surface area contributed by atoms with Crippen LogP contribution in [0.2, 0.25) is 0 Å². The molecular formula is C13H17N5O2S. The van der Waals surface area contributed by atoms with E-state index in [0.717, 1.165) is 10.7 Å². The summed E-state index contributed by atoms with van der Waals surface area (Å²) in [6.45, 7) is 4.15. The first-order chi connectivity index (χ1) is 10.1. The molecular weight excluding hydrogens is 290 g/mol. The second-order valence-corrected chi connectivity index (χ2v) is 5.49. The molecule has 0 fully saturated rings. The van der Waals surface area contributed by atoms with E-state index >= 15 is 0 Å². The Balaban J connectivity index is 1.86. The highest BCUT2D eigenvalue weighted by molar-refractivity contribution is 7.09. The topological polar surface area (TPSA) is 89.0 Å². The van der Waals surface area contributed by atoms with Crippen molar-refractivity contribution < 1.29 is 9.53 Å². The van der Waals surface area contributed by atoms with E-state index in [4.69, 9.17) is 4.74 Å². The number of hydrogen-bond donors (Lipinski definition) is 2. The predicted molar refractivity (Wildman–Crippen MR) is 80.3 cm³/mol. The Labute approximate surface area is 126 Å². The number of rotatable bonds is 6. The van der Waals surface area contributed by atoms with Crippen molar-refractivity contribution >= 4 is 23.2 Å². The number of hydrazine groups is 1. The van der Waals surface area contributed by atoms with Crippen LogP contribution in [-0.2, 0) is 11.2 Å². The summed E-state index contributed by atoms with van der Waals surface area (Å²) in [5, 5.41) is 2.93. The van der Waals surface area contributed by atoms with E-state index < -0.39 is 0 Å². The molecule has 0 aliphatic heterocycles. The molecule has 2 N–H and O–H groups in total. The number of ether oxygens (including phenoxy) is 1. The minimum Gasteiger partial charge on any atom is -0.481 e. The summed E-state index contributed by atoms with van der Waals surface area (Å²) in [5.74, 6) is 0.851. The highest BCUT2D eigenvalue weighted by Gasteiger charge is 2.10. The molecule has 7 nitrogen and oxygen atoms in total. The van der Waals surface area contributed by atoms with Gasteiger partial charge in [-0.3, -0.25) is 15.6 Å². The Bertz CT molecular complexity index is 614. The number of methoxy groups -OCH3 is 1. The molecule has 0 radical (unpaired) electrons. The van der Waals surface area contributed by atoms with Crippen molar-refractivity contribution in [3.63, 3.8) is 0 Å². The molecule has 0 bridgehead atoms. The third-order valence-electron chi connectivity index (χ3n) is 2.56. The SMILES string of the molecule is COc1ccnc(NNC(=O)Cc2csc(C(C)C)n2)n1. The fraction of sp³-hybridized carbons (Fsp3) is 0.385. The van der Waals surface area contributed by atoms with Crippen molar-refractivity contribution in [2.45, 2.75) is 26.2 Å². The second-order valence-electron chi connectivity index (χ2n) is 4.60. The van der Waals surface area contributed by atoms with E-state index in [1.165, 1.54) is 13.3 Å². The van der Waals surface area contributed by atoms with Gasteiger partial charge in [-0.15, -0.1) is 11.3 Å². The number of anilines is 1. The normalized spacial score (nSPS) is 10.5. The van der Waals surface area contributed by atoms with Gasteiger partial charge < -0.3 is 4.74 Å². The van der Waals surface area contributed by atoms with Gasteiger partial charge >= 0.3 is 0 Å². The summed E-state index contributed by atoms with van der Waals surface area (Å²) in [7, 11) is 1.51. The van der Waals surface area contributed by atoms with Gasteiger partial charge in [-0.2, -0.15) is 4.98 Å². The van der Waals surface area contributed by atoms with E-state index in [2.05, 4.69) is 39.7 Å². The molecule has 0 aromatic carbocycles. The summed E-state index contributed by atoms with van der Waals surface area (Å²) in [5.41, 5.74) is 5.93. The fourth-order valence-corrected chi connectivity index (χ4v) is 2.35. The van der Waals surface area contributed by atoms with E-state index in [1.54, 1.807) is 17.4 Å². The molecule has 1 amide bonds. The molecule has 2 aromatic rings. The third-order valence-corrected chi connectivity index (χ3v) is 3.75. The number of nitrogens with zero attached hydrogens (tertiary/aromatic N) is 3. The van der Waals surface area contributed by atoms with Crippen LogP contribution in [0.25, 0.3) is 0 Å². The van der Waals surface area contributed by atoms with Crippen molar-refractivity contribution in [2.24, 2.45) is 0 Å². The van der Waals surface area contributed by atoms with Gasteiger partial charge in [0.1, 0.15) is 0 Å². The summed E-state index contributed by atoms with van der Waals surface area (Å²) >= 11 is 1.57. The number of aromatic nitrogens is 3. The molecule has 0 aliphatic rings. The van der Waals surface area contributed by atoms with Gasteiger partial charge in [-0.1, -0.05) is 13.8 Å². The number of hydrogen-bond acceptors (Lipinski definition) is 7. The monoisotopic (exact) mass is 307 g/mol. The van der Waals surface area contributed by atoms with Gasteiger partial charge in [-0.05, 0) is 0 Å². The maximum Gasteiger partial charge on any atom is 0.245 e. The molecule has 8 heteroatoms. The largest absolute Gasteiger partial charge is 0.481 e. The van der Waals surface area contributed by atoms with E-state index in [0.29, 0.717) is 11.8 Å². The lowest BCUT2D eigenvalue weighted by Gasteiger charge is -2.06. The van der Waals surface area contributed by atoms with Crippen LogP contribution in [-0.4, -0.2) is 28.0 Å². The number of amides is 1. The molecule has 0 saturated heterocycles. The van der Waals surface area contributed by atoms with Crippen LogP contribution in [0.15, 0.2) is 17.6 Å². The van der Waals surface area contributed by atoms with E-state index in [-0.39, 0.29) is 18.3 Å². The van der Waals surface area contributed by atoms with Gasteiger partial charge in [0, 0.05) is 23.6 Å². The average molecular weight is 307 g/mol. The lowest BCUT2D eigenvalue weighted by Crippen LogP contribution is -2.31. The van der Waals surface area contributed by atoms with Crippen LogP contribution >= 0.6 is 11.3 Å². The van der Waals surface area contributed by atoms with Gasteiger partial charge in [0.25, 0.3) is 0 Å². The Kier molecular flexibility index (Phi) is 5.04.